The molecule has 0 aromatic heterocycles. The van der Waals surface area contributed by atoms with Crippen LogP contribution in [0.15, 0.2) is 0 Å². The Morgan fingerprint density at radius 3 is 2.56 bits per heavy atom. The first-order valence-corrected chi connectivity index (χ1v) is 5.73. The fourth-order valence-corrected chi connectivity index (χ4v) is 2.06. The quantitative estimate of drug-likeness (QED) is 0.714. The Morgan fingerprint density at radius 2 is 2.06 bits per heavy atom. The van der Waals surface area contributed by atoms with Gasteiger partial charge in [-0.25, -0.2) is 0 Å². The molecule has 1 saturated heterocycles. The molecule has 0 bridgehead atoms. The maximum absolute atomic E-state index is 12.1. The van der Waals surface area contributed by atoms with Crippen LogP contribution >= 0.6 is 0 Å². The van der Waals surface area contributed by atoms with Gasteiger partial charge in [0.05, 0.1) is 6.54 Å². The van der Waals surface area contributed by atoms with E-state index >= 15 is 0 Å². The molecule has 16 heavy (non-hydrogen) atoms. The van der Waals surface area contributed by atoms with Crippen LogP contribution in [0.4, 0.5) is 0 Å². The van der Waals surface area contributed by atoms with Gasteiger partial charge in [-0.3, -0.25) is 9.59 Å². The van der Waals surface area contributed by atoms with Gasteiger partial charge in [0, 0.05) is 13.6 Å². The van der Waals surface area contributed by atoms with Crippen LogP contribution < -0.4 is 5.73 Å². The molecule has 0 unspecified atom stereocenters. The molecule has 92 valence electrons. The summed E-state index contributed by atoms with van der Waals surface area (Å²) >= 11 is 0. The van der Waals surface area contributed by atoms with E-state index in [-0.39, 0.29) is 30.3 Å². The molecule has 1 rings (SSSR count). The summed E-state index contributed by atoms with van der Waals surface area (Å²) in [5, 5.41) is 0. The van der Waals surface area contributed by atoms with Gasteiger partial charge in [0.25, 0.3) is 0 Å². The van der Waals surface area contributed by atoms with E-state index in [0.29, 0.717) is 13.1 Å². The molecule has 2 N–H and O–H groups in total. The van der Waals surface area contributed by atoms with Crippen molar-refractivity contribution in [3.8, 4) is 0 Å². The highest BCUT2D eigenvalue weighted by Gasteiger charge is 2.38. The molecule has 0 aromatic rings. The molecule has 5 heteroatoms. The highest BCUT2D eigenvalue weighted by molar-refractivity contribution is 5.94. The van der Waals surface area contributed by atoms with E-state index in [1.807, 2.05) is 13.8 Å². The second kappa shape index (κ2) is 5.30. The number of nitrogens with zero attached hydrogens (tertiary/aromatic N) is 2. The predicted octanol–water partition coefficient (Wildman–Crippen LogP) is -0.340. The van der Waals surface area contributed by atoms with Crippen molar-refractivity contribution in [1.29, 1.82) is 0 Å². The number of carbonyl (C=O) groups excluding carboxylic acids is 2. The number of piperazine rings is 1. The Labute approximate surface area is 96.6 Å². The summed E-state index contributed by atoms with van der Waals surface area (Å²) in [4.78, 5) is 27.0. The van der Waals surface area contributed by atoms with Gasteiger partial charge in [0.1, 0.15) is 6.04 Å². The van der Waals surface area contributed by atoms with Crippen molar-refractivity contribution in [3.63, 3.8) is 0 Å². The fourth-order valence-electron chi connectivity index (χ4n) is 2.06. The first kappa shape index (κ1) is 13.0. The summed E-state index contributed by atoms with van der Waals surface area (Å²) < 4.78 is 0. The van der Waals surface area contributed by atoms with E-state index in [1.165, 1.54) is 0 Å². The highest BCUT2D eigenvalue weighted by atomic mass is 16.2. The molecule has 0 radical (unpaired) electrons. The largest absolute Gasteiger partial charge is 0.332 e. The molecule has 1 fully saturated rings. The zero-order valence-corrected chi connectivity index (χ0v) is 10.3. The molecule has 1 heterocycles. The van der Waals surface area contributed by atoms with Gasteiger partial charge in [-0.1, -0.05) is 13.8 Å². The Kier molecular flexibility index (Phi) is 4.29. The van der Waals surface area contributed by atoms with Gasteiger partial charge < -0.3 is 15.5 Å². The van der Waals surface area contributed by atoms with Gasteiger partial charge in [0.15, 0.2) is 0 Å². The lowest BCUT2D eigenvalue weighted by Crippen LogP contribution is -2.60. The van der Waals surface area contributed by atoms with Crippen LogP contribution in [0.5, 0.6) is 0 Å². The predicted molar refractivity (Wildman–Crippen MR) is 61.6 cm³/mol. The van der Waals surface area contributed by atoms with Crippen LogP contribution in [-0.4, -0.2) is 54.3 Å². The molecule has 1 aliphatic heterocycles. The summed E-state index contributed by atoms with van der Waals surface area (Å²) in [7, 11) is 1.70. The van der Waals surface area contributed by atoms with E-state index in [0.717, 1.165) is 6.42 Å². The van der Waals surface area contributed by atoms with Gasteiger partial charge >= 0.3 is 0 Å². The molecule has 0 aliphatic carbocycles. The maximum atomic E-state index is 12.1. The van der Waals surface area contributed by atoms with E-state index in [9.17, 15) is 9.59 Å². The van der Waals surface area contributed by atoms with Crippen molar-refractivity contribution in [2.75, 3.05) is 26.7 Å². The lowest BCUT2D eigenvalue weighted by Gasteiger charge is -2.40. The monoisotopic (exact) mass is 227 g/mol. The normalized spacial score (nSPS) is 22.2. The lowest BCUT2D eigenvalue weighted by molar-refractivity contribution is -0.156. The summed E-state index contributed by atoms with van der Waals surface area (Å²) in [6.45, 7) is 5.23. The number of hydrogen-bond acceptors (Lipinski definition) is 3. The first-order valence-electron chi connectivity index (χ1n) is 5.73. The second-order valence-electron chi connectivity index (χ2n) is 4.60. The third kappa shape index (κ3) is 2.52. The third-order valence-corrected chi connectivity index (χ3v) is 2.97. The van der Waals surface area contributed by atoms with Crippen molar-refractivity contribution in [1.82, 2.24) is 9.80 Å². The highest BCUT2D eigenvalue weighted by Crippen LogP contribution is 2.17. The minimum absolute atomic E-state index is 0.00956. The Bertz CT molecular complexity index is 278. The van der Waals surface area contributed by atoms with E-state index in [4.69, 9.17) is 5.73 Å². The minimum atomic E-state index is -0.320. The van der Waals surface area contributed by atoms with Crippen LogP contribution in [0.2, 0.25) is 0 Å². The summed E-state index contributed by atoms with van der Waals surface area (Å²) in [6, 6.07) is -0.320. The zero-order valence-electron chi connectivity index (χ0n) is 10.3. The van der Waals surface area contributed by atoms with Crippen LogP contribution in [0.1, 0.15) is 20.3 Å². The van der Waals surface area contributed by atoms with Crippen LogP contribution in [0.25, 0.3) is 0 Å². The summed E-state index contributed by atoms with van der Waals surface area (Å²) in [5.41, 5.74) is 5.41. The summed E-state index contributed by atoms with van der Waals surface area (Å²) in [5.74, 6) is 0.197. The molecule has 2 amide bonds. The molecule has 1 aliphatic rings. The first-order chi connectivity index (χ1) is 7.49. The molecule has 0 spiro atoms. The average molecular weight is 227 g/mol. The third-order valence-electron chi connectivity index (χ3n) is 2.97. The standard InChI is InChI=1S/C11H21N3O2/c1-8(2)10-11(16)14(6-4-5-12)7-9(15)13(10)3/h8,10H,4-7,12H2,1-3H3/t10-/m0/s1. The number of likely N-dealkylation sites (N-methyl/N-ethyl adjacent to an activating group) is 1. The molecule has 5 nitrogen and oxygen atoms in total. The lowest BCUT2D eigenvalue weighted by atomic mass is 9.99. The van der Waals surface area contributed by atoms with Gasteiger partial charge in [-0.2, -0.15) is 0 Å². The minimum Gasteiger partial charge on any atom is -0.332 e. The number of carbonyl (C=O) groups is 2. The Morgan fingerprint density at radius 1 is 1.44 bits per heavy atom. The van der Waals surface area contributed by atoms with Gasteiger partial charge in [0.2, 0.25) is 11.8 Å². The number of hydrogen-bond donors (Lipinski definition) is 1. The summed E-state index contributed by atoms with van der Waals surface area (Å²) in [6.07, 6.45) is 0.744. The van der Waals surface area contributed by atoms with Crippen LogP contribution in [0, 0.1) is 5.92 Å². The number of rotatable bonds is 4. The van der Waals surface area contributed by atoms with E-state index in [1.54, 1.807) is 16.8 Å². The van der Waals surface area contributed by atoms with Crippen LogP contribution in [-0.2, 0) is 9.59 Å². The van der Waals surface area contributed by atoms with Crippen molar-refractivity contribution in [3.05, 3.63) is 0 Å². The van der Waals surface area contributed by atoms with Crippen molar-refractivity contribution >= 4 is 11.8 Å². The molecule has 0 saturated carbocycles. The van der Waals surface area contributed by atoms with Crippen LogP contribution in [0.3, 0.4) is 0 Å². The Balaban J connectivity index is 2.76. The van der Waals surface area contributed by atoms with Gasteiger partial charge in [-0.15, -0.1) is 0 Å². The second-order valence-corrected chi connectivity index (χ2v) is 4.60. The maximum Gasteiger partial charge on any atom is 0.246 e. The van der Waals surface area contributed by atoms with Crippen molar-refractivity contribution in [2.24, 2.45) is 11.7 Å². The molecule has 1 atom stereocenters. The van der Waals surface area contributed by atoms with Crippen molar-refractivity contribution < 1.29 is 9.59 Å². The molecular weight excluding hydrogens is 206 g/mol. The van der Waals surface area contributed by atoms with E-state index in [2.05, 4.69) is 0 Å². The molecular formula is C11H21N3O2. The topological polar surface area (TPSA) is 66.6 Å². The SMILES string of the molecule is CC(C)[C@H]1C(=O)N(CCCN)CC(=O)N1C. The smallest absolute Gasteiger partial charge is 0.246 e. The number of nitrogens with two attached hydrogens (primary N) is 1. The van der Waals surface area contributed by atoms with Crippen molar-refractivity contribution in [2.45, 2.75) is 26.3 Å². The average Bonchev–Trinajstić information content (AvgIpc) is 2.21. The van der Waals surface area contributed by atoms with Gasteiger partial charge in [-0.05, 0) is 18.9 Å². The Hall–Kier alpha value is -1.10. The van der Waals surface area contributed by atoms with E-state index < -0.39 is 0 Å². The molecule has 0 aromatic carbocycles. The zero-order chi connectivity index (χ0) is 12.3. The fraction of sp³-hybridized carbons (Fsp3) is 0.818. The number of amides is 2.